The van der Waals surface area contributed by atoms with Gasteiger partial charge in [0, 0.05) is 0 Å². The van der Waals surface area contributed by atoms with Gasteiger partial charge in [-0.2, -0.15) is 0 Å². The summed E-state index contributed by atoms with van der Waals surface area (Å²) >= 11 is 0. The highest BCUT2D eigenvalue weighted by atomic mass is 16.6. The molecule has 0 aliphatic carbocycles. The Morgan fingerprint density at radius 2 is 1.70 bits per heavy atom. The van der Waals surface area contributed by atoms with Gasteiger partial charge < -0.3 is 9.47 Å². The zero-order valence-electron chi connectivity index (χ0n) is 14.5. The molecule has 0 aromatic heterocycles. The summed E-state index contributed by atoms with van der Waals surface area (Å²) in [5.74, 6) is -0.872. The molecular weight excluding hydrogens is 354 g/mol. The van der Waals surface area contributed by atoms with Crippen molar-refractivity contribution in [2.75, 3.05) is 19.2 Å². The number of hydrogen-bond donors (Lipinski definition) is 1. The normalized spacial score (nSPS) is 15.0. The van der Waals surface area contributed by atoms with Crippen molar-refractivity contribution in [3.8, 4) is 11.5 Å². The van der Waals surface area contributed by atoms with Crippen molar-refractivity contribution in [2.45, 2.75) is 0 Å². The van der Waals surface area contributed by atoms with E-state index in [-0.39, 0.29) is 28.3 Å². The van der Waals surface area contributed by atoms with Crippen LogP contribution in [0, 0.1) is 10.1 Å². The van der Waals surface area contributed by atoms with Crippen molar-refractivity contribution in [2.24, 2.45) is 0 Å². The van der Waals surface area contributed by atoms with Crippen LogP contribution in [0.2, 0.25) is 0 Å². The lowest BCUT2D eigenvalue weighted by Gasteiger charge is -2.13. The Hall–Kier alpha value is -3.88. The summed E-state index contributed by atoms with van der Waals surface area (Å²) in [4.78, 5) is 35.7. The van der Waals surface area contributed by atoms with Crippen molar-refractivity contribution < 1.29 is 24.0 Å². The lowest BCUT2D eigenvalue weighted by Crippen LogP contribution is -2.35. The molecule has 3 rings (SSSR count). The number of nitrogens with one attached hydrogen (secondary N) is 1. The smallest absolute Gasteiger partial charge is 0.282 e. The van der Waals surface area contributed by atoms with Crippen LogP contribution in [0.15, 0.2) is 48.0 Å². The highest BCUT2D eigenvalue weighted by Gasteiger charge is 2.35. The van der Waals surface area contributed by atoms with Crippen LogP contribution < -0.4 is 19.9 Å². The summed E-state index contributed by atoms with van der Waals surface area (Å²) in [7, 11) is 2.73. The predicted octanol–water partition coefficient (Wildman–Crippen LogP) is 2.07. The van der Waals surface area contributed by atoms with Crippen LogP contribution in [0.5, 0.6) is 11.5 Å². The number of methoxy groups -OCH3 is 2. The van der Waals surface area contributed by atoms with Gasteiger partial charge in [0.1, 0.15) is 5.57 Å². The number of carbonyl (C=O) groups excluding carboxylic acids is 2. The summed E-state index contributed by atoms with van der Waals surface area (Å²) in [5, 5.41) is 12.5. The molecule has 1 fully saturated rings. The highest BCUT2D eigenvalue weighted by molar-refractivity contribution is 6.31. The van der Waals surface area contributed by atoms with Crippen LogP contribution >= 0.6 is 0 Å². The van der Waals surface area contributed by atoms with E-state index in [1.54, 1.807) is 30.3 Å². The SMILES string of the molecule is COc1cc(/C=C2/C(=O)NN(c3ccccc3)C2=O)c([N+](=O)[O-])cc1OC. The summed E-state index contributed by atoms with van der Waals surface area (Å²) in [5.41, 5.74) is 2.41. The van der Waals surface area contributed by atoms with Crippen LogP contribution in [0.3, 0.4) is 0 Å². The van der Waals surface area contributed by atoms with Crippen LogP contribution in [0.1, 0.15) is 5.56 Å². The van der Waals surface area contributed by atoms with Crippen LogP contribution in [0.4, 0.5) is 11.4 Å². The molecular formula is C18H15N3O6. The van der Waals surface area contributed by atoms with Crippen LogP contribution in [-0.4, -0.2) is 31.0 Å². The first-order chi connectivity index (χ1) is 13.0. The Kier molecular flexibility index (Phi) is 4.75. The molecule has 1 aliphatic heterocycles. The second-order valence-electron chi connectivity index (χ2n) is 5.50. The predicted molar refractivity (Wildman–Crippen MR) is 96.2 cm³/mol. The molecule has 9 heteroatoms. The summed E-state index contributed by atoms with van der Waals surface area (Å²) in [6, 6.07) is 11.0. The molecule has 1 heterocycles. The van der Waals surface area contributed by atoms with Crippen molar-refractivity contribution >= 4 is 29.3 Å². The standard InChI is InChI=1S/C18H15N3O6/c1-26-15-9-11(14(21(24)25)10-16(15)27-2)8-13-17(22)19-20(18(13)23)12-6-4-3-5-7-12/h3-10H,1-2H3,(H,19,22)/b13-8-. The largest absolute Gasteiger partial charge is 0.493 e. The number of nitrogens with zero attached hydrogens (tertiary/aromatic N) is 2. The number of rotatable bonds is 5. The first-order valence-corrected chi connectivity index (χ1v) is 7.79. The number of para-hydroxylation sites is 1. The Labute approximate surface area is 153 Å². The number of carbonyl (C=O) groups is 2. The Balaban J connectivity index is 2.07. The lowest BCUT2D eigenvalue weighted by atomic mass is 10.1. The molecule has 2 amide bonds. The Morgan fingerprint density at radius 3 is 2.30 bits per heavy atom. The van der Waals surface area contributed by atoms with E-state index in [0.29, 0.717) is 5.69 Å². The molecule has 0 bridgehead atoms. The molecule has 0 spiro atoms. The first-order valence-electron chi connectivity index (χ1n) is 7.79. The number of hydrazine groups is 1. The van der Waals surface area contributed by atoms with Crippen molar-refractivity contribution in [3.63, 3.8) is 0 Å². The van der Waals surface area contributed by atoms with E-state index in [0.717, 1.165) is 5.01 Å². The molecule has 2 aromatic carbocycles. The second-order valence-corrected chi connectivity index (χ2v) is 5.50. The third kappa shape index (κ3) is 3.30. The average molecular weight is 369 g/mol. The van der Waals surface area contributed by atoms with E-state index in [4.69, 9.17) is 9.47 Å². The number of nitro benzene ring substituents is 1. The summed E-state index contributed by atoms with van der Waals surface area (Å²) in [6.07, 6.45) is 1.17. The quantitative estimate of drug-likeness (QED) is 0.374. The van der Waals surface area contributed by atoms with Gasteiger partial charge in [0.05, 0.1) is 36.5 Å². The molecule has 0 radical (unpaired) electrons. The minimum atomic E-state index is -0.659. The summed E-state index contributed by atoms with van der Waals surface area (Å²) < 4.78 is 10.2. The fourth-order valence-electron chi connectivity index (χ4n) is 2.63. The Bertz CT molecular complexity index is 955. The second kappa shape index (κ2) is 7.16. The van der Waals surface area contributed by atoms with Gasteiger partial charge in [-0.15, -0.1) is 0 Å². The van der Waals surface area contributed by atoms with E-state index < -0.39 is 16.7 Å². The van der Waals surface area contributed by atoms with Crippen molar-refractivity contribution in [1.29, 1.82) is 0 Å². The molecule has 2 aromatic rings. The van der Waals surface area contributed by atoms with E-state index in [1.807, 2.05) is 0 Å². The molecule has 138 valence electrons. The zero-order chi connectivity index (χ0) is 19.6. The van der Waals surface area contributed by atoms with E-state index in [1.165, 1.54) is 32.4 Å². The highest BCUT2D eigenvalue weighted by Crippen LogP contribution is 2.36. The maximum atomic E-state index is 12.6. The molecule has 1 aliphatic rings. The topological polar surface area (TPSA) is 111 Å². The molecule has 9 nitrogen and oxygen atoms in total. The Morgan fingerprint density at radius 1 is 1.07 bits per heavy atom. The van der Waals surface area contributed by atoms with Gasteiger partial charge in [-0.25, -0.2) is 5.01 Å². The van der Waals surface area contributed by atoms with Gasteiger partial charge in [-0.05, 0) is 24.3 Å². The number of benzene rings is 2. The maximum absolute atomic E-state index is 12.6. The van der Waals surface area contributed by atoms with Gasteiger partial charge >= 0.3 is 0 Å². The van der Waals surface area contributed by atoms with E-state index >= 15 is 0 Å². The third-order valence-corrected chi connectivity index (χ3v) is 3.94. The molecule has 1 saturated heterocycles. The number of hydrogen-bond acceptors (Lipinski definition) is 6. The van der Waals surface area contributed by atoms with Crippen LogP contribution in [0.25, 0.3) is 6.08 Å². The third-order valence-electron chi connectivity index (χ3n) is 3.94. The first kappa shape index (κ1) is 17.9. The monoisotopic (exact) mass is 369 g/mol. The van der Waals surface area contributed by atoms with E-state index in [2.05, 4.69) is 5.43 Å². The van der Waals surface area contributed by atoms with E-state index in [9.17, 15) is 19.7 Å². The van der Waals surface area contributed by atoms with Crippen molar-refractivity contribution in [3.05, 3.63) is 63.7 Å². The summed E-state index contributed by atoms with van der Waals surface area (Å²) in [6.45, 7) is 0. The van der Waals surface area contributed by atoms with Gasteiger partial charge in [0.2, 0.25) is 0 Å². The molecule has 27 heavy (non-hydrogen) atoms. The molecule has 0 unspecified atom stereocenters. The molecule has 0 saturated carbocycles. The number of anilines is 1. The van der Waals surface area contributed by atoms with Gasteiger partial charge in [0.15, 0.2) is 11.5 Å². The van der Waals surface area contributed by atoms with Gasteiger partial charge in [-0.3, -0.25) is 25.1 Å². The average Bonchev–Trinajstić information content (AvgIpc) is 2.96. The fourth-order valence-corrected chi connectivity index (χ4v) is 2.63. The molecule has 0 atom stereocenters. The molecule has 1 N–H and O–H groups in total. The number of amides is 2. The minimum Gasteiger partial charge on any atom is -0.493 e. The van der Waals surface area contributed by atoms with Crippen molar-refractivity contribution in [1.82, 2.24) is 5.43 Å². The number of nitro groups is 1. The minimum absolute atomic E-state index is 0.0473. The zero-order valence-corrected chi connectivity index (χ0v) is 14.5. The maximum Gasteiger partial charge on any atom is 0.282 e. The van der Waals surface area contributed by atoms with Gasteiger partial charge in [0.25, 0.3) is 17.5 Å². The van der Waals surface area contributed by atoms with Gasteiger partial charge in [-0.1, -0.05) is 18.2 Å². The number of ether oxygens (including phenoxy) is 2. The fraction of sp³-hybridized carbons (Fsp3) is 0.111. The lowest BCUT2D eigenvalue weighted by molar-refractivity contribution is -0.385. The van der Waals surface area contributed by atoms with Crippen LogP contribution in [-0.2, 0) is 9.59 Å².